The Bertz CT molecular complexity index is 834. The first-order valence-corrected chi connectivity index (χ1v) is 8.41. The highest BCUT2D eigenvalue weighted by atomic mass is 16.5. The molecule has 1 amide bonds. The summed E-state index contributed by atoms with van der Waals surface area (Å²) in [4.78, 5) is 21.3. The zero-order valence-electron chi connectivity index (χ0n) is 14.6. The van der Waals surface area contributed by atoms with E-state index in [4.69, 9.17) is 9.73 Å². The molecule has 2 aromatic rings. The SMILES string of the molecule is COC1=N[C@@H]2[C@H]([C@H]1c1ccccc1)N(C)c1ccccc1N2C(C)=O. The number of carbonyl (C=O) groups is 1. The van der Waals surface area contributed by atoms with Crippen molar-refractivity contribution in [3.8, 4) is 0 Å². The Morgan fingerprint density at radius 2 is 1.68 bits per heavy atom. The van der Waals surface area contributed by atoms with Crippen molar-refractivity contribution in [3.05, 3.63) is 60.2 Å². The molecule has 3 atom stereocenters. The van der Waals surface area contributed by atoms with Gasteiger partial charge in [-0.25, -0.2) is 4.99 Å². The summed E-state index contributed by atoms with van der Waals surface area (Å²) in [5.74, 6) is 0.645. The average molecular weight is 335 g/mol. The van der Waals surface area contributed by atoms with Crippen molar-refractivity contribution in [1.29, 1.82) is 0 Å². The summed E-state index contributed by atoms with van der Waals surface area (Å²) in [5.41, 5.74) is 3.07. The van der Waals surface area contributed by atoms with E-state index in [0.29, 0.717) is 5.90 Å². The highest BCUT2D eigenvalue weighted by molar-refractivity contribution is 6.00. The van der Waals surface area contributed by atoms with E-state index in [1.165, 1.54) is 0 Å². The Kier molecular flexibility index (Phi) is 3.71. The van der Waals surface area contributed by atoms with Crippen molar-refractivity contribution in [2.45, 2.75) is 25.0 Å². The Hall–Kier alpha value is -2.82. The van der Waals surface area contributed by atoms with E-state index in [1.54, 1.807) is 18.9 Å². The Morgan fingerprint density at radius 1 is 1.04 bits per heavy atom. The van der Waals surface area contributed by atoms with Gasteiger partial charge < -0.3 is 9.64 Å². The van der Waals surface area contributed by atoms with Crippen LogP contribution >= 0.6 is 0 Å². The van der Waals surface area contributed by atoms with Gasteiger partial charge in [-0.2, -0.15) is 0 Å². The third-order valence-electron chi connectivity index (χ3n) is 5.11. The lowest BCUT2D eigenvalue weighted by atomic mass is 9.88. The highest BCUT2D eigenvalue weighted by Crippen LogP contribution is 2.45. The summed E-state index contributed by atoms with van der Waals surface area (Å²) in [6, 6.07) is 18.2. The number of anilines is 2. The van der Waals surface area contributed by atoms with Crippen molar-refractivity contribution < 1.29 is 9.53 Å². The minimum absolute atomic E-state index is 0.00356. The van der Waals surface area contributed by atoms with Crippen LogP contribution in [-0.4, -0.2) is 38.2 Å². The van der Waals surface area contributed by atoms with E-state index in [9.17, 15) is 4.79 Å². The number of likely N-dealkylation sites (N-methyl/N-ethyl adjacent to an activating group) is 1. The van der Waals surface area contributed by atoms with Crippen molar-refractivity contribution in [2.24, 2.45) is 4.99 Å². The second-order valence-electron chi connectivity index (χ2n) is 6.45. The monoisotopic (exact) mass is 335 g/mol. The first-order chi connectivity index (χ1) is 12.1. The van der Waals surface area contributed by atoms with Crippen LogP contribution in [0, 0.1) is 0 Å². The molecule has 2 heterocycles. The van der Waals surface area contributed by atoms with Gasteiger partial charge in [0, 0.05) is 14.0 Å². The zero-order chi connectivity index (χ0) is 17.6. The highest BCUT2D eigenvalue weighted by Gasteiger charge is 2.50. The number of fused-ring (bicyclic) bond motifs is 2. The summed E-state index contributed by atoms with van der Waals surface area (Å²) in [6.07, 6.45) is -0.294. The lowest BCUT2D eigenvalue weighted by Gasteiger charge is -2.45. The van der Waals surface area contributed by atoms with Gasteiger partial charge in [0.05, 0.1) is 30.4 Å². The average Bonchev–Trinajstić information content (AvgIpc) is 3.02. The number of nitrogens with zero attached hydrogens (tertiary/aromatic N) is 3. The van der Waals surface area contributed by atoms with Crippen molar-refractivity contribution in [1.82, 2.24) is 0 Å². The van der Waals surface area contributed by atoms with Gasteiger partial charge in [-0.15, -0.1) is 0 Å². The fourth-order valence-electron chi connectivity index (χ4n) is 4.04. The number of carbonyl (C=O) groups excluding carboxylic acids is 1. The van der Waals surface area contributed by atoms with Crippen LogP contribution in [0.1, 0.15) is 18.4 Å². The lowest BCUT2D eigenvalue weighted by molar-refractivity contribution is -0.117. The summed E-state index contributed by atoms with van der Waals surface area (Å²) in [6.45, 7) is 1.59. The van der Waals surface area contributed by atoms with Crippen LogP contribution in [0.5, 0.6) is 0 Å². The third-order valence-corrected chi connectivity index (χ3v) is 5.11. The Balaban J connectivity index is 1.88. The first-order valence-electron chi connectivity index (χ1n) is 8.41. The molecule has 2 aliphatic heterocycles. The van der Waals surface area contributed by atoms with Crippen LogP contribution in [0.4, 0.5) is 11.4 Å². The molecule has 0 aromatic heterocycles. The fraction of sp³-hybridized carbons (Fsp3) is 0.300. The van der Waals surface area contributed by atoms with Crippen LogP contribution in [-0.2, 0) is 9.53 Å². The standard InChI is InChI=1S/C20H21N3O2/c1-13(24)23-16-12-8-7-11-15(16)22(2)18-17(14-9-5-4-6-10-14)20(25-3)21-19(18)23/h4-12,17-19H,1-3H3/t17-,18+,19+/m1/s1. The molecule has 0 aliphatic carbocycles. The van der Waals surface area contributed by atoms with Gasteiger partial charge in [-0.1, -0.05) is 42.5 Å². The van der Waals surface area contributed by atoms with E-state index in [-0.39, 0.29) is 24.0 Å². The second-order valence-corrected chi connectivity index (χ2v) is 6.45. The van der Waals surface area contributed by atoms with Gasteiger partial charge in [0.1, 0.15) is 0 Å². The maximum atomic E-state index is 12.4. The largest absolute Gasteiger partial charge is 0.484 e. The number of aliphatic imine (C=N–C) groups is 1. The number of para-hydroxylation sites is 2. The van der Waals surface area contributed by atoms with Crippen molar-refractivity contribution in [3.63, 3.8) is 0 Å². The Labute approximate surface area is 147 Å². The van der Waals surface area contributed by atoms with Gasteiger partial charge in [-0.05, 0) is 17.7 Å². The predicted molar refractivity (Wildman–Crippen MR) is 99.2 cm³/mol. The molecule has 0 spiro atoms. The predicted octanol–water partition coefficient (Wildman–Crippen LogP) is 3.03. The summed E-state index contributed by atoms with van der Waals surface area (Å²) in [5, 5.41) is 0. The molecule has 0 bridgehead atoms. The number of methoxy groups -OCH3 is 1. The quantitative estimate of drug-likeness (QED) is 0.805. The lowest BCUT2D eigenvalue weighted by Crippen LogP contribution is -2.56. The number of amides is 1. The van der Waals surface area contributed by atoms with E-state index >= 15 is 0 Å². The number of ether oxygens (including phenoxy) is 1. The Morgan fingerprint density at radius 3 is 2.32 bits per heavy atom. The van der Waals surface area contributed by atoms with Crippen LogP contribution in [0.3, 0.4) is 0 Å². The normalized spacial score (nSPS) is 24.4. The molecule has 0 N–H and O–H groups in total. The zero-order valence-corrected chi connectivity index (χ0v) is 14.6. The van der Waals surface area contributed by atoms with Gasteiger partial charge in [-0.3, -0.25) is 9.69 Å². The second kappa shape index (κ2) is 5.92. The molecular formula is C20H21N3O2. The van der Waals surface area contributed by atoms with Crippen molar-refractivity contribution in [2.75, 3.05) is 24.0 Å². The molecule has 2 aromatic carbocycles. The molecule has 25 heavy (non-hydrogen) atoms. The van der Waals surface area contributed by atoms with Crippen LogP contribution in [0.2, 0.25) is 0 Å². The molecule has 5 nitrogen and oxygen atoms in total. The summed E-state index contributed by atoms with van der Waals surface area (Å²) in [7, 11) is 3.72. The third kappa shape index (κ3) is 2.30. The molecule has 0 unspecified atom stereocenters. The fourth-order valence-corrected chi connectivity index (χ4v) is 4.04. The van der Waals surface area contributed by atoms with Gasteiger partial charge in [0.15, 0.2) is 12.1 Å². The number of benzene rings is 2. The molecule has 4 rings (SSSR count). The maximum Gasteiger partial charge on any atom is 0.225 e. The molecule has 0 fully saturated rings. The topological polar surface area (TPSA) is 45.1 Å². The van der Waals surface area contributed by atoms with Crippen LogP contribution in [0.15, 0.2) is 59.6 Å². The van der Waals surface area contributed by atoms with E-state index in [1.807, 2.05) is 42.5 Å². The van der Waals surface area contributed by atoms with Crippen molar-refractivity contribution >= 4 is 23.2 Å². The molecule has 0 radical (unpaired) electrons. The van der Waals surface area contributed by atoms with Gasteiger partial charge >= 0.3 is 0 Å². The first kappa shape index (κ1) is 15.7. The van der Waals surface area contributed by atoms with E-state index in [0.717, 1.165) is 16.9 Å². The van der Waals surface area contributed by atoms with E-state index < -0.39 is 0 Å². The molecular weight excluding hydrogens is 314 g/mol. The van der Waals surface area contributed by atoms with E-state index in [2.05, 4.69) is 24.1 Å². The smallest absolute Gasteiger partial charge is 0.225 e. The molecule has 128 valence electrons. The molecule has 2 aliphatic rings. The van der Waals surface area contributed by atoms with Crippen LogP contribution in [0.25, 0.3) is 0 Å². The molecule has 0 saturated heterocycles. The van der Waals surface area contributed by atoms with Gasteiger partial charge in [0.2, 0.25) is 5.91 Å². The molecule has 5 heteroatoms. The number of hydrogen-bond donors (Lipinski definition) is 0. The summed E-state index contributed by atoms with van der Waals surface area (Å²) < 4.78 is 5.63. The van der Waals surface area contributed by atoms with Gasteiger partial charge in [0.25, 0.3) is 0 Å². The summed E-state index contributed by atoms with van der Waals surface area (Å²) >= 11 is 0. The number of rotatable bonds is 1. The maximum absolute atomic E-state index is 12.4. The minimum atomic E-state index is -0.294. The van der Waals surface area contributed by atoms with Crippen LogP contribution < -0.4 is 9.80 Å². The molecule has 0 saturated carbocycles. The minimum Gasteiger partial charge on any atom is -0.484 e. The number of hydrogen-bond acceptors (Lipinski definition) is 4.